The smallest absolute Gasteiger partial charge is 0.0619 e. The second kappa shape index (κ2) is 11.3. The van der Waals surface area contributed by atoms with Gasteiger partial charge in [-0.05, 0) is 160 Å². The van der Waals surface area contributed by atoms with Crippen molar-refractivity contribution in [3.8, 4) is 44.5 Å². The molecule has 13 aromatic rings. The molecule has 0 amide bonds. The lowest BCUT2D eigenvalue weighted by Crippen LogP contribution is -2.25. The van der Waals surface area contributed by atoms with E-state index in [1.54, 1.807) is 0 Å². The summed E-state index contributed by atoms with van der Waals surface area (Å²) in [6.07, 6.45) is 0. The molecule has 0 saturated carbocycles. The molecule has 0 nitrogen and oxygen atoms in total. The van der Waals surface area contributed by atoms with Crippen LogP contribution < -0.4 is 0 Å². The minimum absolute atomic E-state index is 0.457. The molecule has 13 aromatic carbocycles. The molecule has 0 aliphatic heterocycles. The summed E-state index contributed by atoms with van der Waals surface area (Å²) >= 11 is 0. The highest BCUT2D eigenvalue weighted by molar-refractivity contribution is 6.27. The van der Waals surface area contributed by atoms with Crippen molar-refractivity contribution < 1.29 is 0 Å². The minimum Gasteiger partial charge on any atom is -0.0619 e. The second-order valence-electron chi connectivity index (χ2n) is 17.5. The zero-order valence-corrected chi connectivity index (χ0v) is 33.1. The first kappa shape index (κ1) is 32.1. The van der Waals surface area contributed by atoms with E-state index in [0.29, 0.717) is 0 Å². The van der Waals surface area contributed by atoms with Gasteiger partial charge in [-0.25, -0.2) is 0 Å². The van der Waals surface area contributed by atoms with Crippen LogP contribution in [0.2, 0.25) is 0 Å². The van der Waals surface area contributed by atoms with E-state index < -0.39 is 5.41 Å². The van der Waals surface area contributed by atoms with E-state index >= 15 is 0 Å². The van der Waals surface area contributed by atoms with Gasteiger partial charge in [0, 0.05) is 0 Å². The van der Waals surface area contributed by atoms with Crippen LogP contribution in [-0.4, -0.2) is 0 Å². The van der Waals surface area contributed by atoms with E-state index in [4.69, 9.17) is 0 Å². The Balaban J connectivity index is 1.02. The van der Waals surface area contributed by atoms with Crippen LogP contribution in [0.5, 0.6) is 0 Å². The Hall–Kier alpha value is -7.80. The van der Waals surface area contributed by atoms with Crippen molar-refractivity contribution in [1.82, 2.24) is 0 Å². The molecule has 0 unspecified atom stereocenters. The van der Waals surface area contributed by atoms with Crippen LogP contribution in [0.1, 0.15) is 22.3 Å². The molecule has 0 atom stereocenters. The van der Waals surface area contributed by atoms with Crippen molar-refractivity contribution in [2.45, 2.75) is 5.41 Å². The molecular weight excluding hydrogens is 733 g/mol. The van der Waals surface area contributed by atoms with Gasteiger partial charge in [-0.2, -0.15) is 0 Å². The van der Waals surface area contributed by atoms with Gasteiger partial charge in [-0.1, -0.05) is 188 Å². The van der Waals surface area contributed by atoms with Gasteiger partial charge < -0.3 is 0 Å². The summed E-state index contributed by atoms with van der Waals surface area (Å²) in [6.45, 7) is 0. The van der Waals surface area contributed by atoms with E-state index in [1.807, 2.05) is 0 Å². The number of fused-ring (bicyclic) bond motifs is 12. The normalized spacial score (nSPS) is 13.7. The largest absolute Gasteiger partial charge is 0.0725 e. The van der Waals surface area contributed by atoms with Crippen LogP contribution in [-0.2, 0) is 5.41 Å². The van der Waals surface area contributed by atoms with Crippen LogP contribution in [0.25, 0.3) is 120 Å². The fourth-order valence-electron chi connectivity index (χ4n) is 12.3. The van der Waals surface area contributed by atoms with Gasteiger partial charge in [-0.15, -0.1) is 0 Å². The Kier molecular flexibility index (Phi) is 5.93. The summed E-state index contributed by atoms with van der Waals surface area (Å²) in [7, 11) is 0. The highest BCUT2D eigenvalue weighted by atomic mass is 14.5. The van der Waals surface area contributed by atoms with Crippen LogP contribution in [0, 0.1) is 0 Å². The lowest BCUT2D eigenvalue weighted by molar-refractivity contribution is 0.795. The third-order valence-electron chi connectivity index (χ3n) is 14.7. The van der Waals surface area contributed by atoms with Crippen LogP contribution in [0.3, 0.4) is 0 Å². The van der Waals surface area contributed by atoms with E-state index in [1.165, 1.54) is 142 Å². The van der Waals surface area contributed by atoms with Gasteiger partial charge in [0.25, 0.3) is 0 Å². The Morgan fingerprint density at radius 2 is 0.721 bits per heavy atom. The Morgan fingerprint density at radius 1 is 0.230 bits per heavy atom. The van der Waals surface area contributed by atoms with Gasteiger partial charge in [0.15, 0.2) is 0 Å². The molecule has 278 valence electrons. The third-order valence-corrected chi connectivity index (χ3v) is 14.7. The first-order chi connectivity index (χ1) is 30.2. The number of hydrogen-bond acceptors (Lipinski definition) is 0. The molecule has 0 heterocycles. The molecule has 2 aliphatic carbocycles. The van der Waals surface area contributed by atoms with Gasteiger partial charge >= 0.3 is 0 Å². The molecule has 0 radical (unpaired) electrons. The van der Waals surface area contributed by atoms with Crippen molar-refractivity contribution in [2.75, 3.05) is 0 Å². The summed E-state index contributed by atoms with van der Waals surface area (Å²) in [5.41, 5.74) is 15.4. The van der Waals surface area contributed by atoms with E-state index in [2.05, 4.69) is 206 Å². The highest BCUT2D eigenvalue weighted by Gasteiger charge is 2.52. The molecule has 0 saturated heterocycles. The first-order valence-electron chi connectivity index (χ1n) is 21.5. The number of rotatable bonds is 2. The maximum Gasteiger partial charge on any atom is 0.0725 e. The maximum absolute atomic E-state index is 2.54. The highest BCUT2D eigenvalue weighted by Crippen LogP contribution is 2.64. The molecule has 0 aromatic heterocycles. The van der Waals surface area contributed by atoms with Crippen molar-refractivity contribution in [1.29, 1.82) is 0 Å². The molecule has 61 heavy (non-hydrogen) atoms. The Bertz CT molecular complexity index is 3920. The zero-order chi connectivity index (χ0) is 39.6. The van der Waals surface area contributed by atoms with Gasteiger partial charge in [-0.3, -0.25) is 0 Å². The van der Waals surface area contributed by atoms with Crippen LogP contribution in [0.4, 0.5) is 0 Å². The summed E-state index contributed by atoms with van der Waals surface area (Å²) in [4.78, 5) is 0. The lowest BCUT2D eigenvalue weighted by atomic mass is 9.70. The zero-order valence-electron chi connectivity index (χ0n) is 33.1. The summed E-state index contributed by atoms with van der Waals surface area (Å²) in [5, 5.41) is 18.4. The quantitative estimate of drug-likeness (QED) is 0.154. The second-order valence-corrected chi connectivity index (χ2v) is 17.5. The minimum atomic E-state index is -0.457. The van der Waals surface area contributed by atoms with Gasteiger partial charge in [0.2, 0.25) is 0 Å². The summed E-state index contributed by atoms with van der Waals surface area (Å²) in [6, 6.07) is 78.8. The molecule has 0 bridgehead atoms. The lowest BCUT2D eigenvalue weighted by Gasteiger charge is -2.31. The monoisotopic (exact) mass is 766 g/mol. The Labute approximate surface area is 352 Å². The number of hydrogen-bond donors (Lipinski definition) is 0. The predicted molar refractivity (Wildman–Crippen MR) is 259 cm³/mol. The van der Waals surface area contributed by atoms with Crippen LogP contribution >= 0.6 is 0 Å². The van der Waals surface area contributed by atoms with Crippen molar-refractivity contribution in [2.24, 2.45) is 0 Å². The Morgan fingerprint density at radius 3 is 1.41 bits per heavy atom. The molecule has 0 N–H and O–H groups in total. The summed E-state index contributed by atoms with van der Waals surface area (Å²) < 4.78 is 0. The fourth-order valence-corrected chi connectivity index (χ4v) is 12.3. The molecule has 1 spiro atoms. The molecule has 0 fully saturated rings. The van der Waals surface area contributed by atoms with Gasteiger partial charge in [0.05, 0.1) is 5.41 Å². The first-order valence-corrected chi connectivity index (χ1v) is 21.5. The molecule has 2 aliphatic rings. The van der Waals surface area contributed by atoms with E-state index in [-0.39, 0.29) is 0 Å². The standard InChI is InChI=1S/C61H34/c1-3-16-52-47(12-1)48-13-2-4-17-53(48)61(52)54-31-30-46-44(45-27-24-39-19-18-37-10-6-11-38-25-28-50(45)59(39)57(37)38)14-7-15-49(46)60(54)51-29-26-40(34-55(51)61)43-32-41-22-20-35-8-5-9-36-21-23-42(33-43)58(41)56(35)36/h1-34H. The average Bonchev–Trinajstić information content (AvgIpc) is 3.79. The number of benzene rings is 13. The van der Waals surface area contributed by atoms with Crippen molar-refractivity contribution in [3.05, 3.63) is 229 Å². The summed E-state index contributed by atoms with van der Waals surface area (Å²) in [5.74, 6) is 0. The molecular formula is C61H34. The third kappa shape index (κ3) is 3.92. The van der Waals surface area contributed by atoms with E-state index in [9.17, 15) is 0 Å². The van der Waals surface area contributed by atoms with E-state index in [0.717, 1.165) is 0 Å². The predicted octanol–water partition coefficient (Wildman–Crippen LogP) is 16.3. The molecule has 15 rings (SSSR count). The SMILES string of the molecule is c1ccc2c(c1)-c1ccccc1C21c2cc(-c3cc4ccc5cccc6ccc(c3)c4c56)ccc2-c2c1ccc1c(-c3ccc4ccc5cccc6ccc3c4c56)cccc21. The van der Waals surface area contributed by atoms with Gasteiger partial charge in [0.1, 0.15) is 0 Å². The topological polar surface area (TPSA) is 0 Å². The maximum atomic E-state index is 2.54. The average molecular weight is 767 g/mol. The van der Waals surface area contributed by atoms with Crippen molar-refractivity contribution >= 4 is 75.4 Å². The van der Waals surface area contributed by atoms with Crippen LogP contribution in [0.15, 0.2) is 206 Å². The molecule has 0 heteroatoms. The van der Waals surface area contributed by atoms with Crippen molar-refractivity contribution in [3.63, 3.8) is 0 Å². The fraction of sp³-hybridized carbons (Fsp3) is 0.0164.